The van der Waals surface area contributed by atoms with Crippen LogP contribution in [0.4, 0.5) is 0 Å². The summed E-state index contributed by atoms with van der Waals surface area (Å²) in [5, 5.41) is 15.6. The molecule has 1 amide bonds. The molecule has 2 fully saturated rings. The number of carbonyl (C=O) groups excluding carboxylic acids is 1. The second kappa shape index (κ2) is 7.41. The number of aliphatic hydroxyl groups is 1. The summed E-state index contributed by atoms with van der Waals surface area (Å²) >= 11 is 6.03. The number of aliphatic hydroxyl groups excluding tert-OH is 1. The van der Waals surface area contributed by atoms with Gasteiger partial charge >= 0.3 is 0 Å². The molecule has 0 radical (unpaired) electrons. The van der Waals surface area contributed by atoms with E-state index in [2.05, 4.69) is 5.10 Å². The SMILES string of the molecule is Cc1nn(C)c(C)c1C(=O)N1C[C@H]2C[C@@H](Oc3cccc(Cl)c3)[C@H](O)C[C@H]2C1. The van der Waals surface area contributed by atoms with Gasteiger partial charge in [-0.2, -0.15) is 5.10 Å². The van der Waals surface area contributed by atoms with Gasteiger partial charge in [-0.05, 0) is 56.7 Å². The molecule has 0 bridgehead atoms. The number of rotatable bonds is 3. The zero-order valence-corrected chi connectivity index (χ0v) is 17.2. The number of benzene rings is 1. The average Bonchev–Trinajstić information content (AvgIpc) is 3.15. The molecule has 6 nitrogen and oxygen atoms in total. The first kappa shape index (κ1) is 19.3. The summed E-state index contributed by atoms with van der Waals surface area (Å²) < 4.78 is 7.78. The lowest BCUT2D eigenvalue weighted by Gasteiger charge is -2.35. The van der Waals surface area contributed by atoms with Crippen molar-refractivity contribution in [1.29, 1.82) is 0 Å². The van der Waals surface area contributed by atoms with Gasteiger partial charge in [0, 0.05) is 30.9 Å². The summed E-state index contributed by atoms with van der Waals surface area (Å²) in [5.41, 5.74) is 2.36. The van der Waals surface area contributed by atoms with Gasteiger partial charge in [0.1, 0.15) is 11.9 Å². The van der Waals surface area contributed by atoms with E-state index < -0.39 is 6.10 Å². The van der Waals surface area contributed by atoms with Crippen molar-refractivity contribution in [1.82, 2.24) is 14.7 Å². The van der Waals surface area contributed by atoms with Crippen LogP contribution in [0.25, 0.3) is 0 Å². The lowest BCUT2D eigenvalue weighted by Crippen LogP contribution is -2.42. The number of fused-ring (bicyclic) bond motifs is 1. The highest BCUT2D eigenvalue weighted by Gasteiger charge is 2.44. The molecule has 0 spiro atoms. The number of aromatic nitrogens is 2. The zero-order valence-electron chi connectivity index (χ0n) is 16.4. The maximum Gasteiger partial charge on any atom is 0.257 e. The third kappa shape index (κ3) is 3.51. The molecule has 2 heterocycles. The minimum atomic E-state index is -0.544. The van der Waals surface area contributed by atoms with Crippen molar-refractivity contribution < 1.29 is 14.6 Å². The Morgan fingerprint density at radius 2 is 1.96 bits per heavy atom. The summed E-state index contributed by atoms with van der Waals surface area (Å²) in [5.74, 6) is 1.34. The van der Waals surface area contributed by atoms with Crippen LogP contribution in [0.5, 0.6) is 5.75 Å². The molecule has 2 aliphatic rings. The Morgan fingerprint density at radius 3 is 2.61 bits per heavy atom. The van der Waals surface area contributed by atoms with Crippen LogP contribution in [0.3, 0.4) is 0 Å². The van der Waals surface area contributed by atoms with Crippen LogP contribution in [-0.2, 0) is 7.05 Å². The Bertz CT molecular complexity index is 897. The first-order valence-corrected chi connectivity index (χ1v) is 10.1. The van der Waals surface area contributed by atoms with Crippen LogP contribution < -0.4 is 4.74 Å². The molecule has 1 N–H and O–H groups in total. The molecule has 7 heteroatoms. The fourth-order valence-electron chi connectivity index (χ4n) is 4.64. The van der Waals surface area contributed by atoms with Gasteiger partial charge in [0.05, 0.1) is 17.4 Å². The number of hydrogen-bond acceptors (Lipinski definition) is 4. The minimum Gasteiger partial charge on any atom is -0.488 e. The number of hydrogen-bond donors (Lipinski definition) is 1. The third-order valence-corrected chi connectivity index (χ3v) is 6.41. The fourth-order valence-corrected chi connectivity index (χ4v) is 4.82. The zero-order chi connectivity index (χ0) is 20.0. The lowest BCUT2D eigenvalue weighted by atomic mass is 9.78. The molecule has 28 heavy (non-hydrogen) atoms. The van der Waals surface area contributed by atoms with E-state index >= 15 is 0 Å². The first-order valence-electron chi connectivity index (χ1n) is 9.73. The minimum absolute atomic E-state index is 0.0410. The molecule has 1 saturated carbocycles. The molecule has 4 rings (SSSR count). The number of ether oxygens (including phenoxy) is 1. The van der Waals surface area contributed by atoms with Gasteiger partial charge in [-0.1, -0.05) is 17.7 Å². The molecule has 4 atom stereocenters. The first-order chi connectivity index (χ1) is 13.3. The number of nitrogens with zero attached hydrogens (tertiary/aromatic N) is 3. The van der Waals surface area contributed by atoms with E-state index in [0.717, 1.165) is 17.8 Å². The van der Waals surface area contributed by atoms with Crippen molar-refractivity contribution >= 4 is 17.5 Å². The van der Waals surface area contributed by atoms with Crippen LogP contribution >= 0.6 is 11.6 Å². The van der Waals surface area contributed by atoms with Crippen molar-refractivity contribution in [3.05, 3.63) is 46.2 Å². The number of likely N-dealkylation sites (tertiary alicyclic amines) is 1. The quantitative estimate of drug-likeness (QED) is 0.855. The largest absolute Gasteiger partial charge is 0.488 e. The molecular formula is C21H26ClN3O3. The van der Waals surface area contributed by atoms with Crippen molar-refractivity contribution in [2.45, 2.75) is 38.9 Å². The van der Waals surface area contributed by atoms with E-state index in [-0.39, 0.29) is 12.0 Å². The summed E-state index contributed by atoms with van der Waals surface area (Å²) in [6.45, 7) is 5.18. The van der Waals surface area contributed by atoms with Gasteiger partial charge in [-0.25, -0.2) is 0 Å². The van der Waals surface area contributed by atoms with Crippen molar-refractivity contribution in [3.63, 3.8) is 0 Å². The Balaban J connectivity index is 1.46. The van der Waals surface area contributed by atoms with E-state index in [0.29, 0.717) is 47.7 Å². The molecule has 2 aromatic rings. The van der Waals surface area contributed by atoms with E-state index in [1.807, 2.05) is 37.9 Å². The molecule has 0 unspecified atom stereocenters. The summed E-state index contributed by atoms with van der Waals surface area (Å²) in [4.78, 5) is 15.0. The monoisotopic (exact) mass is 403 g/mol. The number of halogens is 1. The van der Waals surface area contributed by atoms with Gasteiger partial charge in [0.25, 0.3) is 5.91 Å². The number of carbonyl (C=O) groups is 1. The number of aryl methyl sites for hydroxylation is 2. The van der Waals surface area contributed by atoms with E-state index in [1.165, 1.54) is 0 Å². The summed E-state index contributed by atoms with van der Waals surface area (Å²) in [7, 11) is 1.86. The Kier molecular flexibility index (Phi) is 5.10. The van der Waals surface area contributed by atoms with Crippen LogP contribution in [0.15, 0.2) is 24.3 Å². The smallest absolute Gasteiger partial charge is 0.257 e. The van der Waals surface area contributed by atoms with Gasteiger partial charge in [0.2, 0.25) is 0 Å². The maximum atomic E-state index is 13.1. The van der Waals surface area contributed by atoms with E-state index in [4.69, 9.17) is 16.3 Å². The highest BCUT2D eigenvalue weighted by molar-refractivity contribution is 6.30. The predicted molar refractivity (Wildman–Crippen MR) is 107 cm³/mol. The predicted octanol–water partition coefficient (Wildman–Crippen LogP) is 2.98. The summed E-state index contributed by atoms with van der Waals surface area (Å²) in [6, 6.07) is 7.25. The van der Waals surface area contributed by atoms with Crippen LogP contribution in [0.1, 0.15) is 34.6 Å². The Hall–Kier alpha value is -2.05. The van der Waals surface area contributed by atoms with Gasteiger partial charge in [-0.15, -0.1) is 0 Å². The highest BCUT2D eigenvalue weighted by Crippen LogP contribution is 2.39. The van der Waals surface area contributed by atoms with Gasteiger partial charge in [0.15, 0.2) is 0 Å². The molecule has 150 valence electrons. The molecule has 1 aromatic carbocycles. The highest BCUT2D eigenvalue weighted by atomic mass is 35.5. The van der Waals surface area contributed by atoms with Gasteiger partial charge in [-0.3, -0.25) is 9.48 Å². The van der Waals surface area contributed by atoms with Crippen LogP contribution in [0.2, 0.25) is 5.02 Å². The second-order valence-electron chi connectivity index (χ2n) is 8.05. The van der Waals surface area contributed by atoms with Crippen molar-refractivity contribution in [2.75, 3.05) is 13.1 Å². The average molecular weight is 404 g/mol. The Morgan fingerprint density at radius 1 is 1.25 bits per heavy atom. The van der Waals surface area contributed by atoms with Gasteiger partial charge < -0.3 is 14.7 Å². The van der Waals surface area contributed by atoms with Crippen molar-refractivity contribution in [2.24, 2.45) is 18.9 Å². The fraction of sp³-hybridized carbons (Fsp3) is 0.524. The standard InChI is InChI=1S/C21H26ClN3O3/c1-12-20(13(2)24(3)23-12)21(27)25-10-14-7-18(26)19(8-15(14)11-25)28-17-6-4-5-16(22)9-17/h4-6,9,14-15,18-19,26H,7-8,10-11H2,1-3H3/t14-,15+,18+,19+/m0/s1. The molecule has 1 aromatic heterocycles. The Labute approximate surface area is 170 Å². The topological polar surface area (TPSA) is 67.6 Å². The summed E-state index contributed by atoms with van der Waals surface area (Å²) in [6.07, 6.45) is 0.548. The molecule has 1 aliphatic carbocycles. The number of amides is 1. The maximum absolute atomic E-state index is 13.1. The van der Waals surface area contributed by atoms with Crippen LogP contribution in [-0.4, -0.2) is 51.0 Å². The molecule has 1 aliphatic heterocycles. The molecular weight excluding hydrogens is 378 g/mol. The second-order valence-corrected chi connectivity index (χ2v) is 8.49. The lowest BCUT2D eigenvalue weighted by molar-refractivity contribution is -0.0231. The van der Waals surface area contributed by atoms with Crippen molar-refractivity contribution in [3.8, 4) is 5.75 Å². The van der Waals surface area contributed by atoms with Crippen LogP contribution in [0, 0.1) is 25.7 Å². The normalized spacial score (nSPS) is 27.0. The van der Waals surface area contributed by atoms with E-state index in [1.54, 1.807) is 16.8 Å². The van der Waals surface area contributed by atoms with E-state index in [9.17, 15) is 9.90 Å². The third-order valence-electron chi connectivity index (χ3n) is 6.18. The molecule has 1 saturated heterocycles.